The van der Waals surface area contributed by atoms with Crippen molar-refractivity contribution in [1.29, 1.82) is 0 Å². The van der Waals surface area contributed by atoms with Crippen molar-refractivity contribution >= 4 is 15.7 Å². The normalized spacial score (nSPS) is 16.7. The number of carbonyl (C=O) groups excluding carboxylic acids is 1. The van der Waals surface area contributed by atoms with Gasteiger partial charge in [0, 0.05) is 18.7 Å². The van der Waals surface area contributed by atoms with E-state index in [0.717, 1.165) is 38.1 Å². The third-order valence-electron chi connectivity index (χ3n) is 3.84. The van der Waals surface area contributed by atoms with Gasteiger partial charge in [0.05, 0.1) is 4.90 Å². The Morgan fingerprint density at radius 3 is 2.27 bits per heavy atom. The van der Waals surface area contributed by atoms with Crippen molar-refractivity contribution in [1.82, 2.24) is 10.2 Å². The fraction of sp³-hybridized carbons (Fsp3) is 0.500. The van der Waals surface area contributed by atoms with Gasteiger partial charge in [-0.3, -0.25) is 4.79 Å². The highest BCUT2D eigenvalue weighted by atomic mass is 32.2. The Bertz CT molecular complexity index is 626. The molecule has 1 aliphatic rings. The predicted octanol–water partition coefficient (Wildman–Crippen LogP) is 1.51. The average molecular weight is 332 g/mol. The van der Waals surface area contributed by atoms with Gasteiger partial charge in [-0.15, -0.1) is 0 Å². The van der Waals surface area contributed by atoms with Crippen LogP contribution in [0.5, 0.6) is 0 Å². The molecular formula is C14H18F2N2O3S. The van der Waals surface area contributed by atoms with E-state index >= 15 is 0 Å². The molecule has 0 saturated carbocycles. The molecule has 0 bridgehead atoms. The molecule has 1 saturated heterocycles. The summed E-state index contributed by atoms with van der Waals surface area (Å²) < 4.78 is 47.6. The smallest absolute Gasteiger partial charge is 0.339 e. The van der Waals surface area contributed by atoms with E-state index in [4.69, 9.17) is 0 Å². The van der Waals surface area contributed by atoms with E-state index in [9.17, 15) is 22.0 Å². The van der Waals surface area contributed by atoms with Crippen LogP contribution in [0, 0.1) is 0 Å². The number of piperidine rings is 1. The van der Waals surface area contributed by atoms with Crippen LogP contribution >= 0.6 is 0 Å². The average Bonchev–Trinajstić information content (AvgIpc) is 2.54. The molecule has 0 aromatic heterocycles. The minimum atomic E-state index is -4.63. The Hall–Kier alpha value is -1.54. The Morgan fingerprint density at radius 2 is 1.77 bits per heavy atom. The molecule has 22 heavy (non-hydrogen) atoms. The molecule has 1 aromatic carbocycles. The number of halogens is 2. The van der Waals surface area contributed by atoms with Crippen LogP contribution in [0.15, 0.2) is 29.2 Å². The third kappa shape index (κ3) is 3.44. The first-order valence-corrected chi connectivity index (χ1v) is 8.48. The highest BCUT2D eigenvalue weighted by molar-refractivity contribution is 7.91. The van der Waals surface area contributed by atoms with E-state index in [1.807, 2.05) is 0 Å². The van der Waals surface area contributed by atoms with Crippen molar-refractivity contribution in [3.8, 4) is 0 Å². The second-order valence-electron chi connectivity index (χ2n) is 5.23. The maximum atomic E-state index is 12.5. The van der Waals surface area contributed by atoms with Crippen LogP contribution in [-0.4, -0.2) is 51.2 Å². The maximum absolute atomic E-state index is 12.5. The zero-order valence-corrected chi connectivity index (χ0v) is 12.9. The molecule has 1 aliphatic heterocycles. The van der Waals surface area contributed by atoms with E-state index in [-0.39, 0.29) is 17.5 Å². The number of hydrogen-bond acceptors (Lipinski definition) is 4. The van der Waals surface area contributed by atoms with Gasteiger partial charge >= 0.3 is 5.76 Å². The van der Waals surface area contributed by atoms with Gasteiger partial charge in [-0.05, 0) is 50.2 Å². The van der Waals surface area contributed by atoms with E-state index in [2.05, 4.69) is 5.32 Å². The number of alkyl halides is 2. The number of sulfone groups is 1. The molecular weight excluding hydrogens is 314 g/mol. The first kappa shape index (κ1) is 16.8. The number of nitrogens with zero attached hydrogens (tertiary/aromatic N) is 1. The van der Waals surface area contributed by atoms with Crippen LogP contribution < -0.4 is 5.32 Å². The second kappa shape index (κ2) is 6.70. The van der Waals surface area contributed by atoms with Gasteiger partial charge in [0.25, 0.3) is 5.91 Å². The number of carbonyl (C=O) groups is 1. The highest BCUT2D eigenvalue weighted by Crippen LogP contribution is 2.20. The first-order chi connectivity index (χ1) is 10.3. The van der Waals surface area contributed by atoms with E-state index in [1.54, 1.807) is 11.9 Å². The van der Waals surface area contributed by atoms with Crippen LogP contribution in [-0.2, 0) is 9.84 Å². The summed E-state index contributed by atoms with van der Waals surface area (Å²) in [5, 5.41) is 3.21. The molecule has 0 atom stereocenters. The molecule has 0 spiro atoms. The fourth-order valence-corrected chi connectivity index (χ4v) is 3.17. The summed E-state index contributed by atoms with van der Waals surface area (Å²) in [5.74, 6) is -3.71. The SMILES string of the molecule is CN(C(=O)c1ccc(S(=O)(=O)C(F)F)cc1)C1CCNCC1. The molecule has 0 radical (unpaired) electrons. The van der Waals surface area contributed by atoms with Crippen LogP contribution in [0.3, 0.4) is 0 Å². The summed E-state index contributed by atoms with van der Waals surface area (Å²) in [7, 11) is -2.93. The topological polar surface area (TPSA) is 66.5 Å². The summed E-state index contributed by atoms with van der Waals surface area (Å²) in [5.41, 5.74) is 0.286. The predicted molar refractivity (Wildman–Crippen MR) is 77.6 cm³/mol. The lowest BCUT2D eigenvalue weighted by Crippen LogP contribution is -2.43. The van der Waals surface area contributed by atoms with Crippen LogP contribution in [0.4, 0.5) is 8.78 Å². The van der Waals surface area contributed by atoms with Gasteiger partial charge < -0.3 is 10.2 Å². The summed E-state index contributed by atoms with van der Waals surface area (Å²) in [6, 6.07) is 4.76. The lowest BCUT2D eigenvalue weighted by atomic mass is 10.0. The summed E-state index contributed by atoms with van der Waals surface area (Å²) in [4.78, 5) is 13.5. The van der Waals surface area contributed by atoms with Crippen LogP contribution in [0.25, 0.3) is 0 Å². The van der Waals surface area contributed by atoms with Gasteiger partial charge in [0.1, 0.15) is 0 Å². The molecule has 5 nitrogen and oxygen atoms in total. The Labute approximate surface area is 128 Å². The molecule has 1 heterocycles. The van der Waals surface area contributed by atoms with Gasteiger partial charge in [-0.1, -0.05) is 0 Å². The summed E-state index contributed by atoms with van der Waals surface area (Å²) in [6.45, 7) is 1.68. The largest absolute Gasteiger partial charge is 0.341 e. The van der Waals surface area contributed by atoms with Crippen molar-refractivity contribution in [2.24, 2.45) is 0 Å². The molecule has 122 valence electrons. The van der Waals surface area contributed by atoms with Gasteiger partial charge in [-0.2, -0.15) is 8.78 Å². The number of benzene rings is 1. The van der Waals surface area contributed by atoms with Crippen LogP contribution in [0.1, 0.15) is 23.2 Å². The van der Waals surface area contributed by atoms with E-state index < -0.39 is 20.5 Å². The Balaban J connectivity index is 2.14. The number of amides is 1. The molecule has 2 rings (SSSR count). The summed E-state index contributed by atoms with van der Waals surface area (Å²) in [6.07, 6.45) is 1.69. The number of nitrogens with one attached hydrogen (secondary N) is 1. The van der Waals surface area contributed by atoms with E-state index in [0.29, 0.717) is 0 Å². The zero-order valence-electron chi connectivity index (χ0n) is 12.1. The minimum absolute atomic E-state index is 0.123. The first-order valence-electron chi connectivity index (χ1n) is 6.94. The van der Waals surface area contributed by atoms with Crippen molar-refractivity contribution in [3.63, 3.8) is 0 Å². The van der Waals surface area contributed by atoms with Gasteiger partial charge in [0.15, 0.2) is 0 Å². The highest BCUT2D eigenvalue weighted by Gasteiger charge is 2.27. The van der Waals surface area contributed by atoms with E-state index in [1.165, 1.54) is 12.1 Å². The minimum Gasteiger partial charge on any atom is -0.339 e. The van der Waals surface area contributed by atoms with Crippen molar-refractivity contribution in [3.05, 3.63) is 29.8 Å². The lowest BCUT2D eigenvalue weighted by Gasteiger charge is -2.31. The van der Waals surface area contributed by atoms with Crippen molar-refractivity contribution in [2.75, 3.05) is 20.1 Å². The Kier molecular flexibility index (Phi) is 5.12. The molecule has 1 aromatic rings. The maximum Gasteiger partial charge on any atom is 0.341 e. The third-order valence-corrected chi connectivity index (χ3v) is 5.24. The van der Waals surface area contributed by atoms with Crippen LogP contribution in [0.2, 0.25) is 0 Å². The monoisotopic (exact) mass is 332 g/mol. The zero-order chi connectivity index (χ0) is 16.3. The fourth-order valence-electron chi connectivity index (χ4n) is 2.45. The van der Waals surface area contributed by atoms with Gasteiger partial charge in [0.2, 0.25) is 9.84 Å². The molecule has 1 N–H and O–H groups in total. The standard InChI is InChI=1S/C14H18F2N2O3S/c1-18(11-6-8-17-9-7-11)13(19)10-2-4-12(5-3-10)22(20,21)14(15)16/h2-5,11,14,17H,6-9H2,1H3. The van der Waals surface area contributed by atoms with Crippen molar-refractivity contribution in [2.45, 2.75) is 29.5 Å². The quantitative estimate of drug-likeness (QED) is 0.908. The van der Waals surface area contributed by atoms with Gasteiger partial charge in [-0.25, -0.2) is 8.42 Å². The molecule has 0 aliphatic carbocycles. The summed E-state index contributed by atoms with van der Waals surface area (Å²) >= 11 is 0. The molecule has 1 amide bonds. The number of hydrogen-bond donors (Lipinski definition) is 1. The Morgan fingerprint density at radius 1 is 1.23 bits per heavy atom. The lowest BCUT2D eigenvalue weighted by molar-refractivity contribution is 0.0703. The molecule has 8 heteroatoms. The second-order valence-corrected chi connectivity index (χ2v) is 7.15. The van der Waals surface area contributed by atoms with Crippen molar-refractivity contribution < 1.29 is 22.0 Å². The molecule has 1 fully saturated rings. The molecule has 0 unspecified atom stereocenters. The number of rotatable bonds is 4.